The molecule has 5 rings (SSSR count). The van der Waals surface area contributed by atoms with E-state index in [4.69, 9.17) is 0 Å². The molecule has 2 aromatic heterocycles. The average molecular weight is 458 g/mol. The molecule has 0 radical (unpaired) electrons. The molecule has 7 heteroatoms. The number of benzene rings is 2. The number of hydrogen-bond acceptors (Lipinski definition) is 6. The van der Waals surface area contributed by atoms with E-state index in [1.807, 2.05) is 50.4 Å². The lowest BCUT2D eigenvalue weighted by Gasteiger charge is -2.37. The van der Waals surface area contributed by atoms with Crippen LogP contribution in [0.25, 0.3) is 10.2 Å². The van der Waals surface area contributed by atoms with Crippen LogP contribution in [-0.2, 0) is 6.54 Å². The van der Waals surface area contributed by atoms with E-state index in [-0.39, 0.29) is 5.91 Å². The minimum absolute atomic E-state index is 0.0270. The van der Waals surface area contributed by atoms with Crippen molar-refractivity contribution in [2.75, 3.05) is 43.0 Å². The molecule has 2 aromatic carbocycles. The van der Waals surface area contributed by atoms with Crippen molar-refractivity contribution in [2.24, 2.45) is 0 Å². The van der Waals surface area contributed by atoms with E-state index in [1.54, 1.807) is 11.2 Å². The molecule has 1 aliphatic rings. The molecule has 0 spiro atoms. The first-order valence-corrected chi connectivity index (χ1v) is 12.0. The van der Waals surface area contributed by atoms with Gasteiger partial charge in [-0.25, -0.2) is 9.97 Å². The van der Waals surface area contributed by atoms with E-state index < -0.39 is 0 Å². The van der Waals surface area contributed by atoms with Gasteiger partial charge in [0, 0.05) is 45.5 Å². The first-order valence-electron chi connectivity index (χ1n) is 11.2. The van der Waals surface area contributed by atoms with Gasteiger partial charge in [0.1, 0.15) is 17.0 Å². The molecule has 168 valence electrons. The van der Waals surface area contributed by atoms with Crippen LogP contribution in [0.15, 0.2) is 67.0 Å². The Hall–Kier alpha value is -3.45. The lowest BCUT2D eigenvalue weighted by molar-refractivity contribution is 0.0789. The summed E-state index contributed by atoms with van der Waals surface area (Å²) in [7, 11) is 1.86. The van der Waals surface area contributed by atoms with Gasteiger partial charge in [-0.05, 0) is 30.2 Å². The second-order valence-corrected chi connectivity index (χ2v) is 9.39. The maximum atomic E-state index is 13.3. The Labute approximate surface area is 198 Å². The largest absolute Gasteiger partial charge is 0.368 e. The number of piperazine rings is 1. The van der Waals surface area contributed by atoms with Gasteiger partial charge >= 0.3 is 0 Å². The molecule has 1 amide bonds. The number of amides is 1. The van der Waals surface area contributed by atoms with Crippen LogP contribution in [0.3, 0.4) is 0 Å². The SMILES string of the molecule is Cc1c(C(=O)N(C)Cc2ccccc2)sc2ncnc(N3CCN(c4ccccc4)CC3)c12. The fraction of sp³-hybridized carbons (Fsp3) is 0.269. The van der Waals surface area contributed by atoms with Crippen LogP contribution in [0.5, 0.6) is 0 Å². The zero-order valence-electron chi connectivity index (χ0n) is 18.9. The van der Waals surface area contributed by atoms with Crippen molar-refractivity contribution < 1.29 is 4.79 Å². The third-order valence-corrected chi connectivity index (χ3v) is 7.40. The van der Waals surface area contributed by atoms with Crippen molar-refractivity contribution in [3.8, 4) is 0 Å². The van der Waals surface area contributed by atoms with Crippen LogP contribution >= 0.6 is 11.3 Å². The summed E-state index contributed by atoms with van der Waals surface area (Å²) in [6.45, 7) is 6.23. The highest BCUT2D eigenvalue weighted by atomic mass is 32.1. The number of nitrogens with zero attached hydrogens (tertiary/aromatic N) is 5. The Morgan fingerprint density at radius 1 is 0.939 bits per heavy atom. The van der Waals surface area contributed by atoms with Crippen LogP contribution in [0.1, 0.15) is 20.8 Å². The average Bonchev–Trinajstić information content (AvgIpc) is 3.21. The zero-order valence-corrected chi connectivity index (χ0v) is 19.8. The number of rotatable bonds is 5. The van der Waals surface area contributed by atoms with Crippen LogP contribution in [0, 0.1) is 6.92 Å². The molecule has 33 heavy (non-hydrogen) atoms. The number of carbonyl (C=O) groups excluding carboxylic acids is 1. The van der Waals surface area contributed by atoms with Gasteiger partial charge in [-0.3, -0.25) is 4.79 Å². The molecule has 0 atom stereocenters. The van der Waals surface area contributed by atoms with E-state index >= 15 is 0 Å². The molecular formula is C26H27N5OS. The second kappa shape index (κ2) is 9.19. The highest BCUT2D eigenvalue weighted by Gasteiger charge is 2.25. The van der Waals surface area contributed by atoms with E-state index in [1.165, 1.54) is 17.0 Å². The number of anilines is 2. The third kappa shape index (κ3) is 4.28. The van der Waals surface area contributed by atoms with Gasteiger partial charge in [0.2, 0.25) is 0 Å². The van der Waals surface area contributed by atoms with Crippen molar-refractivity contribution in [1.29, 1.82) is 0 Å². The fourth-order valence-electron chi connectivity index (χ4n) is 4.41. The number of para-hydroxylation sites is 1. The van der Waals surface area contributed by atoms with E-state index in [0.29, 0.717) is 6.54 Å². The van der Waals surface area contributed by atoms with Gasteiger partial charge in [-0.15, -0.1) is 11.3 Å². The Morgan fingerprint density at radius 2 is 1.58 bits per heavy atom. The van der Waals surface area contributed by atoms with Crippen molar-refractivity contribution in [3.05, 3.63) is 83.0 Å². The molecule has 0 unspecified atom stereocenters. The molecular weight excluding hydrogens is 430 g/mol. The first-order chi connectivity index (χ1) is 16.1. The monoisotopic (exact) mass is 457 g/mol. The summed E-state index contributed by atoms with van der Waals surface area (Å²) >= 11 is 1.47. The topological polar surface area (TPSA) is 52.6 Å². The highest BCUT2D eigenvalue weighted by Crippen LogP contribution is 2.36. The second-order valence-electron chi connectivity index (χ2n) is 8.39. The highest BCUT2D eigenvalue weighted by molar-refractivity contribution is 7.20. The summed E-state index contributed by atoms with van der Waals surface area (Å²) in [5.41, 5.74) is 3.34. The van der Waals surface area contributed by atoms with Crippen LogP contribution in [-0.4, -0.2) is 54.0 Å². The first kappa shape index (κ1) is 21.4. The van der Waals surface area contributed by atoms with Crippen LogP contribution in [0.2, 0.25) is 0 Å². The zero-order chi connectivity index (χ0) is 22.8. The summed E-state index contributed by atoms with van der Waals surface area (Å²) in [6.07, 6.45) is 1.62. The summed E-state index contributed by atoms with van der Waals surface area (Å²) < 4.78 is 0. The molecule has 0 aliphatic carbocycles. The van der Waals surface area contributed by atoms with Gasteiger partial charge in [-0.1, -0.05) is 48.5 Å². The normalized spacial score (nSPS) is 14.0. The number of hydrogen-bond donors (Lipinski definition) is 0. The molecule has 0 N–H and O–H groups in total. The Morgan fingerprint density at radius 3 is 2.27 bits per heavy atom. The number of thiophene rings is 1. The molecule has 1 fully saturated rings. The Bertz CT molecular complexity index is 1250. The van der Waals surface area contributed by atoms with E-state index in [0.717, 1.165) is 58.2 Å². The fourth-order valence-corrected chi connectivity index (χ4v) is 5.55. The number of aromatic nitrogens is 2. The summed E-state index contributed by atoms with van der Waals surface area (Å²) in [5, 5.41) is 1.01. The van der Waals surface area contributed by atoms with Crippen molar-refractivity contribution in [2.45, 2.75) is 13.5 Å². The van der Waals surface area contributed by atoms with Gasteiger partial charge in [0.15, 0.2) is 0 Å². The van der Waals surface area contributed by atoms with Gasteiger partial charge < -0.3 is 14.7 Å². The molecule has 0 bridgehead atoms. The van der Waals surface area contributed by atoms with E-state index in [9.17, 15) is 4.79 Å². The molecule has 1 saturated heterocycles. The predicted octanol–water partition coefficient (Wildman–Crippen LogP) is 4.60. The smallest absolute Gasteiger partial charge is 0.264 e. The van der Waals surface area contributed by atoms with Crippen LogP contribution < -0.4 is 9.80 Å². The maximum Gasteiger partial charge on any atom is 0.264 e. The molecule has 6 nitrogen and oxygen atoms in total. The van der Waals surface area contributed by atoms with Gasteiger partial charge in [0.05, 0.1) is 10.3 Å². The minimum Gasteiger partial charge on any atom is -0.368 e. The number of aryl methyl sites for hydroxylation is 1. The standard InChI is InChI=1S/C26H27N5OS/c1-19-22-24(31-15-13-30(14-16-31)21-11-7-4-8-12-21)27-18-28-25(22)33-23(19)26(32)29(2)17-20-9-5-3-6-10-20/h3-12,18H,13-17H2,1-2H3. The van der Waals surface area contributed by atoms with Crippen molar-refractivity contribution in [1.82, 2.24) is 14.9 Å². The Balaban J connectivity index is 1.38. The molecule has 0 saturated carbocycles. The summed E-state index contributed by atoms with van der Waals surface area (Å²) in [6, 6.07) is 20.6. The molecule has 1 aliphatic heterocycles. The van der Waals surface area contributed by atoms with Gasteiger partial charge in [0.25, 0.3) is 5.91 Å². The number of fused-ring (bicyclic) bond motifs is 1. The van der Waals surface area contributed by atoms with Crippen molar-refractivity contribution in [3.63, 3.8) is 0 Å². The summed E-state index contributed by atoms with van der Waals surface area (Å²) in [5.74, 6) is 0.963. The third-order valence-electron chi connectivity index (χ3n) is 6.21. The Kier molecular flexibility index (Phi) is 5.96. The summed E-state index contributed by atoms with van der Waals surface area (Å²) in [4.78, 5) is 30.6. The quantitative estimate of drug-likeness (QED) is 0.438. The lowest BCUT2D eigenvalue weighted by atomic mass is 10.1. The van der Waals surface area contributed by atoms with Crippen LogP contribution in [0.4, 0.5) is 11.5 Å². The maximum absolute atomic E-state index is 13.3. The molecule has 4 aromatic rings. The van der Waals surface area contributed by atoms with Crippen molar-refractivity contribution >= 4 is 39.0 Å². The predicted molar refractivity (Wildman–Crippen MR) is 135 cm³/mol. The van der Waals surface area contributed by atoms with E-state index in [2.05, 4.69) is 44.0 Å². The lowest BCUT2D eigenvalue weighted by Crippen LogP contribution is -2.46. The minimum atomic E-state index is 0.0270. The molecule has 3 heterocycles. The number of carbonyl (C=O) groups is 1. The van der Waals surface area contributed by atoms with Gasteiger partial charge in [-0.2, -0.15) is 0 Å².